The zero-order valence-corrected chi connectivity index (χ0v) is 12.6. The van der Waals surface area contributed by atoms with Crippen LogP contribution in [-0.2, 0) is 10.0 Å². The molecule has 3 N–H and O–H groups in total. The van der Waals surface area contributed by atoms with Gasteiger partial charge < -0.3 is 0 Å². The van der Waals surface area contributed by atoms with Crippen LogP contribution in [0.3, 0.4) is 0 Å². The Kier molecular flexibility index (Phi) is 4.05. The summed E-state index contributed by atoms with van der Waals surface area (Å²) >= 11 is 3.24. The Balaban J connectivity index is 2.11. The molecule has 0 aliphatic carbocycles. The van der Waals surface area contributed by atoms with Gasteiger partial charge in [0.05, 0.1) is 10.6 Å². The van der Waals surface area contributed by atoms with Crippen molar-refractivity contribution in [1.29, 1.82) is 0 Å². The van der Waals surface area contributed by atoms with E-state index in [1.54, 1.807) is 12.1 Å². The number of nitrogens with one attached hydrogen (secondary N) is 1. The lowest BCUT2D eigenvalue weighted by atomic mass is 10.3. The molecule has 0 spiro atoms. The molecule has 0 aromatic heterocycles. The largest absolute Gasteiger partial charge is 0.299 e. The average Bonchev–Trinajstić information content (AvgIpc) is 2.57. The summed E-state index contributed by atoms with van der Waals surface area (Å²) in [6, 6.07) is 5.90. The van der Waals surface area contributed by atoms with Crippen LogP contribution >= 0.6 is 26.5 Å². The number of halogens is 1. The highest BCUT2D eigenvalue weighted by Crippen LogP contribution is 2.45. The van der Waals surface area contributed by atoms with E-state index >= 15 is 0 Å². The van der Waals surface area contributed by atoms with Crippen LogP contribution < -0.4 is 4.72 Å². The second-order valence-corrected chi connectivity index (χ2v) is 9.21. The van der Waals surface area contributed by atoms with Gasteiger partial charge in [-0.25, -0.2) is 13.1 Å². The van der Waals surface area contributed by atoms with Gasteiger partial charge in [-0.15, -0.1) is 0 Å². The molecule has 5 nitrogen and oxygen atoms in total. The van der Waals surface area contributed by atoms with Gasteiger partial charge in [-0.3, -0.25) is 9.11 Å². The smallest absolute Gasteiger partial charge is 0.240 e. The summed E-state index contributed by atoms with van der Waals surface area (Å²) in [5, 5.41) is 0. The Bertz CT molecular complexity index is 529. The first-order chi connectivity index (χ1) is 8.28. The third-order valence-electron chi connectivity index (χ3n) is 2.71. The van der Waals surface area contributed by atoms with Crippen LogP contribution in [0.2, 0.25) is 0 Å². The molecule has 102 valence electrons. The van der Waals surface area contributed by atoms with Crippen LogP contribution in [0.5, 0.6) is 0 Å². The topological polar surface area (TPSA) is 86.6 Å². The van der Waals surface area contributed by atoms with Gasteiger partial charge in [-0.05, 0) is 30.7 Å². The van der Waals surface area contributed by atoms with Crippen LogP contribution in [0.1, 0.15) is 6.42 Å². The van der Waals surface area contributed by atoms with Crippen LogP contribution in [-0.4, -0.2) is 35.1 Å². The maximum atomic E-state index is 12.0. The van der Waals surface area contributed by atoms with Crippen molar-refractivity contribution in [3.8, 4) is 0 Å². The monoisotopic (exact) mass is 355 g/mol. The third kappa shape index (κ3) is 3.46. The van der Waals surface area contributed by atoms with E-state index in [4.69, 9.17) is 0 Å². The lowest BCUT2D eigenvalue weighted by Gasteiger charge is -2.26. The van der Waals surface area contributed by atoms with Gasteiger partial charge in [0.15, 0.2) is 0 Å². The quantitative estimate of drug-likeness (QED) is 0.775. The van der Waals surface area contributed by atoms with E-state index in [2.05, 4.69) is 20.7 Å². The normalized spacial score (nSPS) is 24.9. The van der Waals surface area contributed by atoms with Crippen molar-refractivity contribution >= 4 is 36.5 Å². The summed E-state index contributed by atoms with van der Waals surface area (Å²) in [6.45, 7) is 0. The molecule has 1 aromatic carbocycles. The van der Waals surface area contributed by atoms with E-state index in [-0.39, 0.29) is 16.4 Å². The van der Waals surface area contributed by atoms with Gasteiger partial charge in [-0.1, -0.05) is 15.9 Å². The summed E-state index contributed by atoms with van der Waals surface area (Å²) in [5.74, 6) is 0.364. The number of hydrogen-bond donors (Lipinski definition) is 3. The number of benzene rings is 1. The van der Waals surface area contributed by atoms with Gasteiger partial charge >= 0.3 is 0 Å². The second-order valence-electron chi connectivity index (χ2n) is 4.23. The zero-order chi connectivity index (χ0) is 13.4. The second kappa shape index (κ2) is 5.10. The summed E-state index contributed by atoms with van der Waals surface area (Å²) in [5.41, 5.74) is 0. The highest BCUT2D eigenvalue weighted by Gasteiger charge is 2.31. The molecule has 0 radical (unpaired) electrons. The van der Waals surface area contributed by atoms with Crippen molar-refractivity contribution in [3.05, 3.63) is 28.7 Å². The van der Waals surface area contributed by atoms with Crippen molar-refractivity contribution in [2.24, 2.45) is 0 Å². The maximum absolute atomic E-state index is 12.0. The van der Waals surface area contributed by atoms with Crippen molar-refractivity contribution in [2.45, 2.75) is 17.4 Å². The number of rotatable bonds is 3. The molecule has 0 unspecified atom stereocenters. The van der Waals surface area contributed by atoms with Crippen LogP contribution in [0.25, 0.3) is 0 Å². The SMILES string of the molecule is O=S(=O)(N[C@@H]1CCS(O)(O)C1)c1ccc(Br)cc1. The van der Waals surface area contributed by atoms with Gasteiger partial charge in [0, 0.05) is 16.3 Å². The summed E-state index contributed by atoms with van der Waals surface area (Å²) in [4.78, 5) is 0.175. The molecule has 1 heterocycles. The number of sulfonamides is 1. The van der Waals surface area contributed by atoms with Crippen molar-refractivity contribution in [2.75, 3.05) is 11.5 Å². The predicted octanol–water partition coefficient (Wildman–Crippen LogP) is 2.25. The van der Waals surface area contributed by atoms with E-state index in [9.17, 15) is 17.5 Å². The minimum absolute atomic E-state index is 0.1000. The Labute approximate surface area is 116 Å². The molecule has 0 saturated carbocycles. The zero-order valence-electron chi connectivity index (χ0n) is 9.41. The summed E-state index contributed by atoms with van der Waals surface area (Å²) in [7, 11) is -6.18. The van der Waals surface area contributed by atoms with Crippen molar-refractivity contribution in [1.82, 2.24) is 4.72 Å². The lowest BCUT2D eigenvalue weighted by Crippen LogP contribution is -2.35. The predicted molar refractivity (Wildman–Crippen MR) is 75.5 cm³/mol. The van der Waals surface area contributed by atoms with Crippen LogP contribution in [0.15, 0.2) is 33.6 Å². The van der Waals surface area contributed by atoms with E-state index in [0.717, 1.165) is 4.47 Å². The van der Waals surface area contributed by atoms with Crippen LogP contribution in [0.4, 0.5) is 0 Å². The molecule has 1 saturated heterocycles. The van der Waals surface area contributed by atoms with Gasteiger partial charge in [0.25, 0.3) is 0 Å². The minimum atomic E-state index is -3.59. The minimum Gasteiger partial charge on any atom is -0.299 e. The standard InChI is InChI=1S/C10H14BrNO4S2/c11-8-1-3-10(4-2-8)18(15,16)12-9-5-6-17(13,14)7-9/h1-4,9,12-14H,5-7H2/t9-/m1/s1. The summed E-state index contributed by atoms with van der Waals surface area (Å²) < 4.78 is 46.3. The molecule has 0 amide bonds. The Morgan fingerprint density at radius 1 is 1.28 bits per heavy atom. The maximum Gasteiger partial charge on any atom is 0.240 e. The molecule has 1 aromatic rings. The third-order valence-corrected chi connectivity index (χ3v) is 6.60. The fourth-order valence-corrected chi connectivity index (χ4v) is 5.18. The van der Waals surface area contributed by atoms with E-state index in [1.165, 1.54) is 12.1 Å². The van der Waals surface area contributed by atoms with Crippen molar-refractivity contribution < 1.29 is 17.5 Å². The molecule has 0 bridgehead atoms. The molecule has 1 aliphatic rings. The fourth-order valence-electron chi connectivity index (χ4n) is 1.81. The van der Waals surface area contributed by atoms with Crippen molar-refractivity contribution in [3.63, 3.8) is 0 Å². The first-order valence-corrected chi connectivity index (χ1v) is 9.46. The van der Waals surface area contributed by atoms with Crippen LogP contribution in [0, 0.1) is 0 Å². The highest BCUT2D eigenvalue weighted by molar-refractivity contribution is 9.10. The summed E-state index contributed by atoms with van der Waals surface area (Å²) in [6.07, 6.45) is 0.456. The Hall–Kier alpha value is -0.120. The van der Waals surface area contributed by atoms with E-state index in [1.807, 2.05) is 0 Å². The number of hydrogen-bond acceptors (Lipinski definition) is 4. The molecule has 1 aliphatic heterocycles. The first kappa shape index (κ1) is 14.3. The van der Waals surface area contributed by atoms with E-state index in [0.29, 0.717) is 6.42 Å². The molecule has 18 heavy (non-hydrogen) atoms. The molecule has 8 heteroatoms. The Morgan fingerprint density at radius 2 is 1.89 bits per heavy atom. The molecular weight excluding hydrogens is 342 g/mol. The highest BCUT2D eigenvalue weighted by atomic mass is 79.9. The molecule has 1 fully saturated rings. The fraction of sp³-hybridized carbons (Fsp3) is 0.400. The molecule has 1 atom stereocenters. The molecule has 2 rings (SSSR count). The average molecular weight is 356 g/mol. The van der Waals surface area contributed by atoms with Gasteiger partial charge in [0.1, 0.15) is 0 Å². The Morgan fingerprint density at radius 3 is 2.39 bits per heavy atom. The first-order valence-electron chi connectivity index (χ1n) is 5.30. The van der Waals surface area contributed by atoms with E-state index < -0.39 is 26.7 Å². The van der Waals surface area contributed by atoms with Gasteiger partial charge in [0.2, 0.25) is 10.0 Å². The van der Waals surface area contributed by atoms with Gasteiger partial charge in [-0.2, -0.15) is 10.6 Å². The lowest BCUT2D eigenvalue weighted by molar-refractivity contribution is 0.494. The molecular formula is C10H14BrNO4S2.